The lowest BCUT2D eigenvalue weighted by molar-refractivity contribution is -0.129. The molecule has 48 heavy (non-hydrogen) atoms. The lowest BCUT2D eigenvalue weighted by Crippen LogP contribution is -2.48. The van der Waals surface area contributed by atoms with Crippen LogP contribution in [0.25, 0.3) is 0 Å². The molecule has 288 valence electrons. The Labute approximate surface area is 302 Å². The van der Waals surface area contributed by atoms with E-state index < -0.39 is 18.2 Å². The zero-order chi connectivity index (χ0) is 35.2. The van der Waals surface area contributed by atoms with Gasteiger partial charge in [0.2, 0.25) is 0 Å². The Morgan fingerprint density at radius 1 is 0.396 bits per heavy atom. The van der Waals surface area contributed by atoms with Crippen LogP contribution in [0.3, 0.4) is 0 Å². The molecule has 0 heterocycles. The Morgan fingerprint density at radius 3 is 0.896 bits per heavy atom. The number of aliphatic hydroxyl groups excluding tert-OH is 2. The summed E-state index contributed by atoms with van der Waals surface area (Å²) < 4.78 is 0. The maximum atomic E-state index is 12.4. The predicted molar refractivity (Wildman–Crippen MR) is 212 cm³/mol. The smallest absolute Gasteiger partial charge is 0.162 e. The van der Waals surface area contributed by atoms with Crippen LogP contribution in [-0.2, 0) is 4.79 Å². The zero-order valence-corrected chi connectivity index (χ0v) is 33.0. The van der Waals surface area contributed by atoms with Gasteiger partial charge in [-0.15, -0.1) is 0 Å². The van der Waals surface area contributed by atoms with Crippen molar-refractivity contribution in [1.29, 1.82) is 0 Å². The first kappa shape index (κ1) is 47.5. The van der Waals surface area contributed by atoms with E-state index in [1.807, 2.05) is 0 Å². The molecule has 4 nitrogen and oxygen atoms in total. The molecule has 0 aliphatic rings. The highest BCUT2D eigenvalue weighted by Crippen LogP contribution is 2.18. The van der Waals surface area contributed by atoms with E-state index in [0.29, 0.717) is 12.8 Å². The number of hydrogen-bond acceptors (Lipinski definition) is 4. The standard InChI is InChI=1S/C44H89NO3/c1-3-5-7-9-11-13-15-17-19-20-21-22-23-24-25-26-28-29-31-33-35-37-39-41(46)43(45)44(48)42(47)40-38-36-34-32-30-27-18-16-14-12-10-8-6-4-2/h41,43-44,46,48H,3-40,45H2,1-2H3. The highest BCUT2D eigenvalue weighted by Gasteiger charge is 2.27. The van der Waals surface area contributed by atoms with Crippen LogP contribution in [0.1, 0.15) is 258 Å². The number of ketones is 1. The first-order valence-corrected chi connectivity index (χ1v) is 22.2. The minimum Gasteiger partial charge on any atom is -0.391 e. The quantitative estimate of drug-likeness (QED) is 0.0562. The van der Waals surface area contributed by atoms with E-state index >= 15 is 0 Å². The molecule has 0 aliphatic heterocycles. The fraction of sp³-hybridized carbons (Fsp3) is 0.977. The molecule has 0 radical (unpaired) electrons. The summed E-state index contributed by atoms with van der Waals surface area (Å²) in [5.41, 5.74) is 6.08. The molecule has 4 N–H and O–H groups in total. The fourth-order valence-corrected chi connectivity index (χ4v) is 7.22. The van der Waals surface area contributed by atoms with Crippen molar-refractivity contribution in [3.05, 3.63) is 0 Å². The van der Waals surface area contributed by atoms with E-state index in [1.54, 1.807) is 0 Å². The van der Waals surface area contributed by atoms with Crippen LogP contribution >= 0.6 is 0 Å². The molecule has 0 spiro atoms. The number of nitrogens with two attached hydrogens (primary N) is 1. The highest BCUT2D eigenvalue weighted by atomic mass is 16.3. The van der Waals surface area contributed by atoms with Crippen LogP contribution in [0.15, 0.2) is 0 Å². The number of rotatable bonds is 41. The topological polar surface area (TPSA) is 83.6 Å². The maximum absolute atomic E-state index is 12.4. The summed E-state index contributed by atoms with van der Waals surface area (Å²) in [7, 11) is 0. The Bertz CT molecular complexity index is 626. The van der Waals surface area contributed by atoms with Crippen molar-refractivity contribution >= 4 is 5.78 Å². The lowest BCUT2D eigenvalue weighted by atomic mass is 9.95. The average Bonchev–Trinajstić information content (AvgIpc) is 3.09. The van der Waals surface area contributed by atoms with Crippen molar-refractivity contribution in [2.45, 2.75) is 276 Å². The van der Waals surface area contributed by atoms with Crippen LogP contribution in [0.4, 0.5) is 0 Å². The molecular formula is C44H89NO3. The first-order chi connectivity index (χ1) is 23.5. The normalized spacial score (nSPS) is 13.6. The average molecular weight is 680 g/mol. The van der Waals surface area contributed by atoms with E-state index in [2.05, 4.69) is 13.8 Å². The van der Waals surface area contributed by atoms with Crippen molar-refractivity contribution in [1.82, 2.24) is 0 Å². The number of unbranched alkanes of at least 4 members (excludes halogenated alkanes) is 34. The Balaban J connectivity index is 3.46. The Kier molecular flexibility index (Phi) is 39.0. The van der Waals surface area contributed by atoms with Crippen molar-refractivity contribution in [3.8, 4) is 0 Å². The van der Waals surface area contributed by atoms with E-state index in [9.17, 15) is 15.0 Å². The third-order valence-electron chi connectivity index (χ3n) is 10.8. The van der Waals surface area contributed by atoms with Gasteiger partial charge in [0.25, 0.3) is 0 Å². The fourth-order valence-electron chi connectivity index (χ4n) is 7.22. The van der Waals surface area contributed by atoms with E-state index in [4.69, 9.17) is 5.73 Å². The Hall–Kier alpha value is -0.450. The molecule has 0 saturated heterocycles. The maximum Gasteiger partial charge on any atom is 0.162 e. The molecule has 0 rings (SSSR count). The largest absolute Gasteiger partial charge is 0.391 e. The summed E-state index contributed by atoms with van der Waals surface area (Å²) in [5, 5.41) is 20.9. The second-order valence-corrected chi connectivity index (χ2v) is 15.6. The summed E-state index contributed by atoms with van der Waals surface area (Å²) in [4.78, 5) is 12.4. The van der Waals surface area contributed by atoms with E-state index in [0.717, 1.165) is 32.1 Å². The van der Waals surface area contributed by atoms with Gasteiger partial charge in [-0.2, -0.15) is 0 Å². The van der Waals surface area contributed by atoms with Gasteiger partial charge in [0.15, 0.2) is 5.78 Å². The SMILES string of the molecule is CCCCCCCCCCCCCCCCCCCCCCCCC(O)C(N)C(O)C(=O)CCCCCCCCCCCCCCCC. The number of hydrogen-bond donors (Lipinski definition) is 3. The van der Waals surface area contributed by atoms with Gasteiger partial charge in [0, 0.05) is 6.42 Å². The highest BCUT2D eigenvalue weighted by molar-refractivity contribution is 5.83. The summed E-state index contributed by atoms with van der Waals surface area (Å²) >= 11 is 0. The molecule has 0 aromatic heterocycles. The molecule has 0 amide bonds. The van der Waals surface area contributed by atoms with Gasteiger partial charge in [-0.1, -0.05) is 239 Å². The van der Waals surface area contributed by atoms with Crippen molar-refractivity contribution in [2.75, 3.05) is 0 Å². The third kappa shape index (κ3) is 34.0. The molecule has 3 atom stereocenters. The van der Waals surface area contributed by atoms with Gasteiger partial charge in [-0.05, 0) is 12.8 Å². The zero-order valence-electron chi connectivity index (χ0n) is 33.0. The number of carbonyl (C=O) groups excluding carboxylic acids is 1. The number of carbonyl (C=O) groups is 1. The molecule has 0 aliphatic carbocycles. The third-order valence-corrected chi connectivity index (χ3v) is 10.8. The number of Topliss-reactive ketones (excluding diaryl/α,β-unsaturated/α-hetero) is 1. The molecule has 0 bridgehead atoms. The second-order valence-electron chi connectivity index (χ2n) is 15.6. The molecule has 0 fully saturated rings. The van der Waals surface area contributed by atoms with Crippen LogP contribution in [0.5, 0.6) is 0 Å². The van der Waals surface area contributed by atoms with Crippen LogP contribution in [0, 0.1) is 0 Å². The molecule has 0 saturated carbocycles. The second kappa shape index (κ2) is 39.3. The molecule has 0 aromatic rings. The van der Waals surface area contributed by atoms with Gasteiger partial charge in [0.05, 0.1) is 12.1 Å². The van der Waals surface area contributed by atoms with Crippen molar-refractivity contribution in [2.24, 2.45) is 5.73 Å². The van der Waals surface area contributed by atoms with Crippen molar-refractivity contribution in [3.63, 3.8) is 0 Å². The summed E-state index contributed by atoms with van der Waals surface area (Å²) in [5.74, 6) is -0.199. The van der Waals surface area contributed by atoms with Crippen LogP contribution in [0.2, 0.25) is 0 Å². The van der Waals surface area contributed by atoms with Gasteiger partial charge in [-0.25, -0.2) is 0 Å². The van der Waals surface area contributed by atoms with Crippen LogP contribution < -0.4 is 5.73 Å². The molecule has 0 aromatic carbocycles. The minimum atomic E-state index is -1.23. The number of aliphatic hydroxyl groups is 2. The van der Waals surface area contributed by atoms with Gasteiger partial charge in [-0.3, -0.25) is 4.79 Å². The molecule has 3 unspecified atom stereocenters. The molecular weight excluding hydrogens is 590 g/mol. The monoisotopic (exact) mass is 680 g/mol. The summed E-state index contributed by atoms with van der Waals surface area (Å²) in [6.45, 7) is 4.56. The summed E-state index contributed by atoms with van der Waals surface area (Å²) in [6, 6.07) is -0.862. The Morgan fingerprint density at radius 2 is 0.625 bits per heavy atom. The summed E-state index contributed by atoms with van der Waals surface area (Å²) in [6.07, 6.45) is 46.8. The van der Waals surface area contributed by atoms with E-state index in [1.165, 1.54) is 199 Å². The van der Waals surface area contributed by atoms with Crippen molar-refractivity contribution < 1.29 is 15.0 Å². The van der Waals surface area contributed by atoms with E-state index in [-0.39, 0.29) is 5.78 Å². The first-order valence-electron chi connectivity index (χ1n) is 22.2. The van der Waals surface area contributed by atoms with Gasteiger partial charge < -0.3 is 15.9 Å². The lowest BCUT2D eigenvalue weighted by Gasteiger charge is -2.23. The molecule has 4 heteroatoms. The predicted octanol–water partition coefficient (Wildman–Crippen LogP) is 13.5. The van der Waals surface area contributed by atoms with Crippen LogP contribution in [-0.4, -0.2) is 34.2 Å². The van der Waals surface area contributed by atoms with Gasteiger partial charge >= 0.3 is 0 Å². The van der Waals surface area contributed by atoms with Gasteiger partial charge in [0.1, 0.15) is 6.10 Å². The minimum absolute atomic E-state index is 0.199.